The van der Waals surface area contributed by atoms with Gasteiger partial charge in [0.15, 0.2) is 5.76 Å². The summed E-state index contributed by atoms with van der Waals surface area (Å²) >= 11 is 4.44. The monoisotopic (exact) mass is 423 g/mol. The van der Waals surface area contributed by atoms with Crippen LogP contribution in [0.2, 0.25) is 0 Å². The summed E-state index contributed by atoms with van der Waals surface area (Å²) in [5.74, 6) is -1.91. The van der Waals surface area contributed by atoms with Crippen LogP contribution in [0.15, 0.2) is 21.9 Å². The fraction of sp³-hybridized carbons (Fsp3) is 0.308. The van der Waals surface area contributed by atoms with Gasteiger partial charge in [0.1, 0.15) is 0 Å². The minimum Gasteiger partial charge on any atom is -0.501 e. The van der Waals surface area contributed by atoms with E-state index in [0.717, 1.165) is 6.92 Å². The van der Waals surface area contributed by atoms with Crippen molar-refractivity contribution in [2.45, 2.75) is 13.3 Å². The number of carbonyl (C=O) groups is 1. The molecule has 0 radical (unpaired) electrons. The molecule has 2 rings (SSSR count). The van der Waals surface area contributed by atoms with Gasteiger partial charge >= 0.3 is 5.97 Å². The van der Waals surface area contributed by atoms with Crippen LogP contribution >= 0.6 is 27.3 Å². The Kier molecular flexibility index (Phi) is 5.71. The summed E-state index contributed by atoms with van der Waals surface area (Å²) < 4.78 is 36.5. The summed E-state index contributed by atoms with van der Waals surface area (Å²) in [4.78, 5) is 11.8. The number of alkyl halides is 1. The topological polar surface area (TPSA) is 106 Å². The van der Waals surface area contributed by atoms with Gasteiger partial charge in [0.25, 0.3) is 5.88 Å². The number of furan rings is 1. The lowest BCUT2D eigenvalue weighted by atomic mass is 10.3. The molecule has 0 bridgehead atoms. The average Bonchev–Trinajstić information content (AvgIpc) is 3.08. The molecule has 0 saturated heterocycles. The molecular formula is C13H14BrNO6S2. The molecule has 0 saturated carbocycles. The van der Waals surface area contributed by atoms with E-state index < -0.39 is 21.7 Å². The fourth-order valence-corrected chi connectivity index (χ4v) is 4.13. The van der Waals surface area contributed by atoms with Gasteiger partial charge in [-0.05, 0) is 17.9 Å². The molecule has 0 aromatic carbocycles. The smallest absolute Gasteiger partial charge is 0.308 e. The fourth-order valence-electron chi connectivity index (χ4n) is 1.72. The van der Waals surface area contributed by atoms with Gasteiger partial charge in [-0.3, -0.25) is 4.79 Å². The van der Waals surface area contributed by atoms with Gasteiger partial charge in [-0.15, -0.1) is 11.3 Å². The molecule has 0 aliphatic carbocycles. The van der Waals surface area contributed by atoms with Gasteiger partial charge in [-0.25, -0.2) is 13.1 Å². The quantitative estimate of drug-likeness (QED) is 0.523. The molecule has 0 unspecified atom stereocenters. The molecule has 10 heteroatoms. The standard InChI is InChI=1S/C13H14BrNO6S2/c1-8(16)20-12-10(17)11(9-4-2-6-22-9)21-13(12)15-23(18,19)7-3-5-14/h2,4,6,15,17H,3,5,7H2,1H3. The van der Waals surface area contributed by atoms with E-state index in [1.807, 2.05) is 0 Å². The summed E-state index contributed by atoms with van der Waals surface area (Å²) in [5, 5.41) is 12.5. The molecule has 0 amide bonds. The number of hydrogen-bond donors (Lipinski definition) is 2. The van der Waals surface area contributed by atoms with E-state index in [9.17, 15) is 18.3 Å². The van der Waals surface area contributed by atoms with E-state index in [-0.39, 0.29) is 23.1 Å². The van der Waals surface area contributed by atoms with Crippen LogP contribution in [-0.2, 0) is 14.8 Å². The van der Waals surface area contributed by atoms with Gasteiger partial charge in [-0.2, -0.15) is 0 Å². The number of carbonyl (C=O) groups excluding carboxylic acids is 1. The Morgan fingerprint density at radius 3 is 2.83 bits per heavy atom. The first kappa shape index (κ1) is 17.8. The number of ether oxygens (including phenoxy) is 1. The molecule has 0 fully saturated rings. The number of thiophene rings is 1. The van der Waals surface area contributed by atoms with Crippen molar-refractivity contribution >= 4 is 49.1 Å². The first-order valence-corrected chi connectivity index (χ1v) is 10.1. The third kappa shape index (κ3) is 4.49. The van der Waals surface area contributed by atoms with Crippen molar-refractivity contribution in [1.29, 1.82) is 0 Å². The number of rotatable bonds is 7. The van der Waals surface area contributed by atoms with Crippen molar-refractivity contribution in [2.75, 3.05) is 15.8 Å². The number of aromatic hydroxyl groups is 1. The van der Waals surface area contributed by atoms with Crippen LogP contribution in [0.5, 0.6) is 11.5 Å². The van der Waals surface area contributed by atoms with Crippen molar-refractivity contribution in [3.05, 3.63) is 17.5 Å². The van der Waals surface area contributed by atoms with Crippen molar-refractivity contribution in [3.8, 4) is 22.1 Å². The van der Waals surface area contributed by atoms with Gasteiger partial charge in [-0.1, -0.05) is 22.0 Å². The van der Waals surface area contributed by atoms with E-state index in [4.69, 9.17) is 9.15 Å². The van der Waals surface area contributed by atoms with E-state index >= 15 is 0 Å². The molecule has 126 valence electrons. The van der Waals surface area contributed by atoms with Crippen molar-refractivity contribution < 1.29 is 27.5 Å². The zero-order chi connectivity index (χ0) is 17.0. The third-order valence-corrected chi connectivity index (χ3v) is 5.38. The van der Waals surface area contributed by atoms with Gasteiger partial charge in [0, 0.05) is 12.3 Å². The second kappa shape index (κ2) is 7.37. The van der Waals surface area contributed by atoms with Gasteiger partial charge < -0.3 is 14.3 Å². The van der Waals surface area contributed by atoms with E-state index in [1.165, 1.54) is 11.3 Å². The van der Waals surface area contributed by atoms with E-state index in [0.29, 0.717) is 16.6 Å². The molecule has 2 N–H and O–H groups in total. The average molecular weight is 424 g/mol. The predicted octanol–water partition coefficient (Wildman–Crippen LogP) is 3.17. The largest absolute Gasteiger partial charge is 0.501 e. The van der Waals surface area contributed by atoms with Gasteiger partial charge in [0.05, 0.1) is 10.6 Å². The normalized spacial score (nSPS) is 11.4. The Bertz CT molecular complexity index is 782. The summed E-state index contributed by atoms with van der Waals surface area (Å²) in [6, 6.07) is 3.43. The lowest BCUT2D eigenvalue weighted by molar-refractivity contribution is -0.131. The highest BCUT2D eigenvalue weighted by molar-refractivity contribution is 9.09. The summed E-state index contributed by atoms with van der Waals surface area (Å²) in [6.45, 7) is 1.14. The minimum absolute atomic E-state index is 0.0365. The summed E-state index contributed by atoms with van der Waals surface area (Å²) in [7, 11) is -3.70. The first-order valence-electron chi connectivity index (χ1n) is 6.48. The zero-order valence-corrected chi connectivity index (χ0v) is 15.3. The number of hydrogen-bond acceptors (Lipinski definition) is 7. The van der Waals surface area contributed by atoms with Crippen LogP contribution in [0.4, 0.5) is 5.88 Å². The van der Waals surface area contributed by atoms with Crippen LogP contribution in [0, 0.1) is 0 Å². The Morgan fingerprint density at radius 2 is 2.26 bits per heavy atom. The summed E-state index contributed by atoms with van der Waals surface area (Å²) in [6.07, 6.45) is 0.392. The van der Waals surface area contributed by atoms with E-state index in [1.54, 1.807) is 17.5 Å². The SMILES string of the molecule is CC(=O)Oc1c(NS(=O)(=O)CCCBr)oc(-c2cccs2)c1O. The number of sulfonamides is 1. The van der Waals surface area contributed by atoms with Crippen LogP contribution in [0.1, 0.15) is 13.3 Å². The number of halogens is 1. The lowest BCUT2D eigenvalue weighted by Gasteiger charge is -2.06. The molecule has 23 heavy (non-hydrogen) atoms. The molecule has 0 aliphatic heterocycles. The molecule has 2 heterocycles. The maximum absolute atomic E-state index is 12.0. The Balaban J connectivity index is 2.41. The lowest BCUT2D eigenvalue weighted by Crippen LogP contribution is -2.17. The summed E-state index contributed by atoms with van der Waals surface area (Å²) in [5.41, 5.74) is 0. The molecule has 7 nitrogen and oxygen atoms in total. The number of esters is 1. The molecule has 2 aromatic rings. The molecule has 0 spiro atoms. The highest BCUT2D eigenvalue weighted by Crippen LogP contribution is 2.47. The molecular weight excluding hydrogens is 410 g/mol. The molecule has 0 atom stereocenters. The second-order valence-corrected chi connectivity index (χ2v) is 8.06. The number of nitrogens with one attached hydrogen (secondary N) is 1. The predicted molar refractivity (Wildman–Crippen MR) is 90.8 cm³/mol. The maximum Gasteiger partial charge on any atom is 0.308 e. The number of anilines is 1. The second-order valence-electron chi connectivity index (χ2n) is 4.47. The third-order valence-electron chi connectivity index (χ3n) is 2.63. The zero-order valence-electron chi connectivity index (χ0n) is 12.0. The highest BCUT2D eigenvalue weighted by atomic mass is 79.9. The first-order chi connectivity index (χ1) is 10.8. The molecule has 2 aromatic heterocycles. The van der Waals surface area contributed by atoms with Crippen molar-refractivity contribution in [2.24, 2.45) is 0 Å². The van der Waals surface area contributed by atoms with Crippen LogP contribution in [0.3, 0.4) is 0 Å². The Hall–Kier alpha value is -1.52. The Labute approximate surface area is 145 Å². The minimum atomic E-state index is -3.70. The maximum atomic E-state index is 12.0. The van der Waals surface area contributed by atoms with E-state index in [2.05, 4.69) is 20.7 Å². The van der Waals surface area contributed by atoms with Crippen LogP contribution < -0.4 is 9.46 Å². The molecule has 0 aliphatic rings. The van der Waals surface area contributed by atoms with Crippen LogP contribution in [-0.4, -0.2) is 30.6 Å². The van der Waals surface area contributed by atoms with Gasteiger partial charge in [0.2, 0.25) is 21.5 Å². The van der Waals surface area contributed by atoms with Crippen molar-refractivity contribution in [3.63, 3.8) is 0 Å². The van der Waals surface area contributed by atoms with Crippen molar-refractivity contribution in [1.82, 2.24) is 0 Å². The highest BCUT2D eigenvalue weighted by Gasteiger charge is 2.27. The van der Waals surface area contributed by atoms with Crippen LogP contribution in [0.25, 0.3) is 10.6 Å². The Morgan fingerprint density at radius 1 is 1.52 bits per heavy atom.